The minimum atomic E-state index is -4.40. The van der Waals surface area contributed by atoms with E-state index in [1.807, 2.05) is 0 Å². The van der Waals surface area contributed by atoms with Gasteiger partial charge in [-0.2, -0.15) is 26.3 Å². The van der Waals surface area contributed by atoms with Crippen LogP contribution in [-0.2, 0) is 17.6 Å². The molecule has 10 heteroatoms. The van der Waals surface area contributed by atoms with E-state index >= 15 is 0 Å². The third-order valence-corrected chi connectivity index (χ3v) is 6.81. The molecule has 0 atom stereocenters. The van der Waals surface area contributed by atoms with Gasteiger partial charge in [-0.15, -0.1) is 0 Å². The number of carbonyl (C=O) groups excluding carboxylic acids is 1. The van der Waals surface area contributed by atoms with Crippen LogP contribution in [-0.4, -0.2) is 54.3 Å². The Labute approximate surface area is 196 Å². The fourth-order valence-corrected chi connectivity index (χ4v) is 4.86. The van der Waals surface area contributed by atoms with Crippen molar-refractivity contribution in [3.63, 3.8) is 0 Å². The first kappa shape index (κ1) is 26.8. The number of hydrogen-bond donors (Lipinski definition) is 0. The molecular formula is C24H32F6N2O2. The number of carbonyl (C=O) groups is 1. The molecule has 1 aromatic heterocycles. The number of fused-ring (bicyclic) bond motifs is 1. The van der Waals surface area contributed by atoms with Crippen molar-refractivity contribution in [3.8, 4) is 5.88 Å². The molecule has 0 unspecified atom stereocenters. The zero-order valence-electron chi connectivity index (χ0n) is 19.2. The molecule has 4 nitrogen and oxygen atoms in total. The van der Waals surface area contributed by atoms with E-state index in [-0.39, 0.29) is 24.0 Å². The molecule has 0 amide bonds. The van der Waals surface area contributed by atoms with Crippen LogP contribution in [0.15, 0.2) is 12.1 Å². The van der Waals surface area contributed by atoms with Crippen molar-refractivity contribution in [1.82, 2.24) is 9.88 Å². The summed E-state index contributed by atoms with van der Waals surface area (Å²) in [5.41, 5.74) is 1.83. The molecule has 0 N–H and O–H groups in total. The molecule has 0 radical (unpaired) electrons. The fourth-order valence-electron chi connectivity index (χ4n) is 4.86. The lowest BCUT2D eigenvalue weighted by Gasteiger charge is -2.30. The molecule has 3 rings (SSSR count). The second-order valence-electron chi connectivity index (χ2n) is 9.53. The van der Waals surface area contributed by atoms with E-state index in [1.54, 1.807) is 6.07 Å². The smallest absolute Gasteiger partial charge is 0.422 e. The van der Waals surface area contributed by atoms with Gasteiger partial charge in [-0.1, -0.05) is 18.9 Å². The summed E-state index contributed by atoms with van der Waals surface area (Å²) in [6, 6.07) is 3.29. The van der Waals surface area contributed by atoms with Gasteiger partial charge in [-0.25, -0.2) is 4.98 Å². The van der Waals surface area contributed by atoms with Crippen molar-refractivity contribution < 1.29 is 35.9 Å². The number of rotatable bonds is 9. The molecule has 0 aromatic carbocycles. The summed E-state index contributed by atoms with van der Waals surface area (Å²) < 4.78 is 78.7. The maximum absolute atomic E-state index is 12.4. The van der Waals surface area contributed by atoms with Gasteiger partial charge in [0.25, 0.3) is 0 Å². The molecule has 0 bridgehead atoms. The van der Waals surface area contributed by atoms with Crippen LogP contribution in [0.3, 0.4) is 0 Å². The highest BCUT2D eigenvalue weighted by atomic mass is 19.4. The van der Waals surface area contributed by atoms with E-state index < -0.39 is 31.8 Å². The number of hydrogen-bond acceptors (Lipinski definition) is 4. The Morgan fingerprint density at radius 1 is 0.971 bits per heavy atom. The third-order valence-electron chi connectivity index (χ3n) is 6.81. The zero-order valence-corrected chi connectivity index (χ0v) is 19.2. The predicted molar refractivity (Wildman–Crippen MR) is 115 cm³/mol. The molecule has 0 saturated heterocycles. The number of alkyl halides is 6. The Balaban J connectivity index is 1.36. The second-order valence-corrected chi connectivity index (χ2v) is 9.53. The average molecular weight is 495 g/mol. The van der Waals surface area contributed by atoms with Gasteiger partial charge in [0.15, 0.2) is 6.61 Å². The topological polar surface area (TPSA) is 42.4 Å². The minimum Gasteiger partial charge on any atom is -0.468 e. The number of halogens is 6. The van der Waals surface area contributed by atoms with Gasteiger partial charge in [0.1, 0.15) is 5.78 Å². The van der Waals surface area contributed by atoms with Gasteiger partial charge in [-0.05, 0) is 49.6 Å². The molecule has 1 saturated carbocycles. The van der Waals surface area contributed by atoms with E-state index in [2.05, 4.69) is 9.88 Å². The lowest BCUT2D eigenvalue weighted by Crippen LogP contribution is -2.29. The molecule has 2 aliphatic rings. The summed E-state index contributed by atoms with van der Waals surface area (Å²) in [6.45, 7) is 1.21. The Hall–Kier alpha value is -1.84. The summed E-state index contributed by atoms with van der Waals surface area (Å²) >= 11 is 0. The van der Waals surface area contributed by atoms with Crippen LogP contribution < -0.4 is 4.74 Å². The Kier molecular flexibility index (Phi) is 9.23. The summed E-state index contributed by atoms with van der Waals surface area (Å²) in [7, 11) is 0. The fraction of sp³-hybridized carbons (Fsp3) is 0.750. The molecule has 1 fully saturated rings. The zero-order chi connectivity index (χ0) is 24.8. The molecule has 1 aromatic rings. The molecule has 192 valence electrons. The Morgan fingerprint density at radius 3 is 2.32 bits per heavy atom. The van der Waals surface area contributed by atoms with Gasteiger partial charge in [0.05, 0.1) is 6.42 Å². The predicted octanol–water partition coefficient (Wildman–Crippen LogP) is 5.92. The number of ether oxygens (including phenoxy) is 1. The van der Waals surface area contributed by atoms with Gasteiger partial charge in [-0.3, -0.25) is 4.79 Å². The van der Waals surface area contributed by atoms with Crippen LogP contribution in [0.5, 0.6) is 5.88 Å². The van der Waals surface area contributed by atoms with Crippen molar-refractivity contribution in [2.45, 2.75) is 76.6 Å². The van der Waals surface area contributed by atoms with Crippen LogP contribution in [0.1, 0.15) is 62.6 Å². The van der Waals surface area contributed by atoms with Crippen molar-refractivity contribution in [2.24, 2.45) is 11.8 Å². The summed E-state index contributed by atoms with van der Waals surface area (Å²) in [5.74, 6) is 0.459. The minimum absolute atomic E-state index is 0.00169. The maximum Gasteiger partial charge on any atom is 0.422 e. The summed E-state index contributed by atoms with van der Waals surface area (Å²) in [5, 5.41) is 0. The van der Waals surface area contributed by atoms with Crippen molar-refractivity contribution in [3.05, 3.63) is 23.4 Å². The first-order valence-electron chi connectivity index (χ1n) is 12.0. The monoisotopic (exact) mass is 494 g/mol. The van der Waals surface area contributed by atoms with Gasteiger partial charge < -0.3 is 9.64 Å². The maximum atomic E-state index is 12.4. The van der Waals surface area contributed by atoms with Crippen LogP contribution in [0.25, 0.3) is 0 Å². The summed E-state index contributed by atoms with van der Waals surface area (Å²) in [4.78, 5) is 18.5. The number of nitrogens with zero attached hydrogens (tertiary/aromatic N) is 2. The van der Waals surface area contributed by atoms with Gasteiger partial charge >= 0.3 is 12.4 Å². The quantitative estimate of drug-likeness (QED) is 0.400. The highest BCUT2D eigenvalue weighted by Crippen LogP contribution is 2.34. The Bertz CT molecular complexity index is 804. The van der Waals surface area contributed by atoms with Crippen molar-refractivity contribution in [2.75, 3.05) is 26.2 Å². The molecule has 1 aliphatic carbocycles. The molecule has 0 spiro atoms. The highest BCUT2D eigenvalue weighted by Gasteiger charge is 2.30. The van der Waals surface area contributed by atoms with Gasteiger partial charge in [0.2, 0.25) is 5.88 Å². The van der Waals surface area contributed by atoms with E-state index in [0.29, 0.717) is 12.3 Å². The lowest BCUT2D eigenvalue weighted by atomic mass is 9.78. The van der Waals surface area contributed by atoms with Crippen LogP contribution in [0, 0.1) is 11.8 Å². The van der Waals surface area contributed by atoms with Crippen molar-refractivity contribution >= 4 is 5.78 Å². The first-order valence-corrected chi connectivity index (χ1v) is 12.0. The van der Waals surface area contributed by atoms with Gasteiger partial charge in [0, 0.05) is 44.1 Å². The third kappa shape index (κ3) is 9.43. The van der Waals surface area contributed by atoms with E-state index in [9.17, 15) is 31.1 Å². The summed E-state index contributed by atoms with van der Waals surface area (Å²) in [6.07, 6.45) is -3.62. The number of pyridine rings is 1. The first-order chi connectivity index (χ1) is 16.0. The van der Waals surface area contributed by atoms with E-state index in [4.69, 9.17) is 4.74 Å². The number of Topliss-reactive ketones (excluding diaryl/α,β-unsaturated/α-hetero) is 1. The van der Waals surface area contributed by atoms with Crippen molar-refractivity contribution in [1.29, 1.82) is 0 Å². The van der Waals surface area contributed by atoms with Crippen LogP contribution in [0.4, 0.5) is 26.3 Å². The second kappa shape index (κ2) is 11.7. The molecule has 1 aliphatic heterocycles. The number of aromatic nitrogens is 1. The highest BCUT2D eigenvalue weighted by molar-refractivity contribution is 5.78. The standard InChI is InChI=1S/C24H32F6N2O2/c25-23(26,27)11-7-20(33)15-18-3-1-17(2-4-18)8-12-32-13-9-19-5-6-22(31-21(19)10-14-32)34-16-24(28,29)30/h5-6,17-18H,1-4,7-16H2. The van der Waals surface area contributed by atoms with E-state index in [0.717, 1.165) is 69.4 Å². The molecular weight excluding hydrogens is 462 g/mol. The Morgan fingerprint density at radius 2 is 1.65 bits per heavy atom. The number of ketones is 1. The largest absolute Gasteiger partial charge is 0.468 e. The lowest BCUT2D eigenvalue weighted by molar-refractivity contribution is -0.154. The van der Waals surface area contributed by atoms with Crippen LogP contribution in [0.2, 0.25) is 0 Å². The molecule has 34 heavy (non-hydrogen) atoms. The SMILES string of the molecule is O=C(CCC(F)(F)F)CC1CCC(CCN2CCc3ccc(OCC(F)(F)F)nc3CC2)CC1. The normalized spacial score (nSPS) is 22.2. The average Bonchev–Trinajstić information content (AvgIpc) is 2.97. The van der Waals surface area contributed by atoms with Crippen LogP contribution >= 0.6 is 0 Å². The molecule has 2 heterocycles. The van der Waals surface area contributed by atoms with E-state index in [1.165, 1.54) is 6.07 Å².